The van der Waals surface area contributed by atoms with E-state index in [1.54, 1.807) is 11.3 Å². The van der Waals surface area contributed by atoms with Gasteiger partial charge in [-0.15, -0.1) is 0 Å². The molecule has 2 rings (SSSR count). The van der Waals surface area contributed by atoms with Gasteiger partial charge in [-0.3, -0.25) is 9.69 Å². The van der Waals surface area contributed by atoms with Gasteiger partial charge < -0.3 is 10.1 Å². The van der Waals surface area contributed by atoms with Crippen LogP contribution in [0.3, 0.4) is 0 Å². The number of hydrogen-bond acceptors (Lipinski definition) is 4. The molecule has 1 N–H and O–H groups in total. The van der Waals surface area contributed by atoms with E-state index in [0.717, 1.165) is 18.8 Å². The maximum absolute atomic E-state index is 11.3. The van der Waals surface area contributed by atoms with Crippen LogP contribution in [0.1, 0.15) is 31.4 Å². The summed E-state index contributed by atoms with van der Waals surface area (Å²) in [6.07, 6.45) is 0.442. The molecule has 0 aliphatic heterocycles. The summed E-state index contributed by atoms with van der Waals surface area (Å²) in [6, 6.07) is 10.3. The number of nitrogens with zero attached hydrogens (tertiary/aromatic N) is 1. The molecule has 0 fully saturated rings. The number of nitrogens with one attached hydrogen (secondary N) is 1. The zero-order valence-corrected chi connectivity index (χ0v) is 15.4. The average molecular weight is 346 g/mol. The maximum atomic E-state index is 11.3. The second-order valence-corrected chi connectivity index (χ2v) is 6.82. The topological polar surface area (TPSA) is 41.6 Å². The Kier molecular flexibility index (Phi) is 7.28. The van der Waals surface area contributed by atoms with Gasteiger partial charge in [-0.2, -0.15) is 11.3 Å². The highest BCUT2D eigenvalue weighted by Crippen LogP contribution is 2.17. The lowest BCUT2D eigenvalue weighted by Gasteiger charge is -2.18. The maximum Gasteiger partial charge on any atom is 0.219 e. The molecule has 0 bridgehead atoms. The first-order valence-electron chi connectivity index (χ1n) is 8.28. The van der Waals surface area contributed by atoms with Gasteiger partial charge in [-0.05, 0) is 54.1 Å². The molecule has 24 heavy (non-hydrogen) atoms. The minimum atomic E-state index is -0.0562. The molecule has 0 spiro atoms. The van der Waals surface area contributed by atoms with Crippen LogP contribution >= 0.6 is 11.3 Å². The second kappa shape index (κ2) is 9.45. The van der Waals surface area contributed by atoms with E-state index in [1.165, 1.54) is 11.1 Å². The minimum absolute atomic E-state index is 0.0502. The number of rotatable bonds is 9. The molecular weight excluding hydrogens is 320 g/mol. The molecule has 130 valence electrons. The first kappa shape index (κ1) is 18.5. The van der Waals surface area contributed by atoms with Crippen LogP contribution in [0.4, 0.5) is 0 Å². The van der Waals surface area contributed by atoms with Gasteiger partial charge in [0.25, 0.3) is 0 Å². The number of carbonyl (C=O) groups excluding carboxylic acids is 1. The first-order valence-corrected chi connectivity index (χ1v) is 9.23. The number of benzene rings is 1. The van der Waals surface area contributed by atoms with E-state index in [9.17, 15) is 4.79 Å². The van der Waals surface area contributed by atoms with Crippen LogP contribution < -0.4 is 10.1 Å². The average Bonchev–Trinajstić information content (AvgIpc) is 3.05. The van der Waals surface area contributed by atoms with Gasteiger partial charge in [0.2, 0.25) is 5.91 Å². The Hall–Kier alpha value is -1.85. The summed E-state index contributed by atoms with van der Waals surface area (Å²) in [7, 11) is 2.12. The zero-order chi connectivity index (χ0) is 17.4. The number of thiophene rings is 1. The zero-order valence-electron chi connectivity index (χ0n) is 14.6. The van der Waals surface area contributed by atoms with Gasteiger partial charge in [-0.25, -0.2) is 0 Å². The van der Waals surface area contributed by atoms with Gasteiger partial charge in [0.05, 0.1) is 6.54 Å². The van der Waals surface area contributed by atoms with Crippen LogP contribution in [0.25, 0.3) is 0 Å². The minimum Gasteiger partial charge on any atom is -0.489 e. The molecule has 0 aliphatic rings. The third-order valence-electron chi connectivity index (χ3n) is 3.63. The first-order chi connectivity index (χ1) is 11.6. The summed E-state index contributed by atoms with van der Waals surface area (Å²) in [5, 5.41) is 7.14. The van der Waals surface area contributed by atoms with E-state index in [1.807, 2.05) is 26.0 Å². The highest BCUT2D eigenvalue weighted by atomic mass is 32.1. The van der Waals surface area contributed by atoms with Gasteiger partial charge in [0.15, 0.2) is 0 Å². The van der Waals surface area contributed by atoms with Crippen molar-refractivity contribution in [1.29, 1.82) is 0 Å². The summed E-state index contributed by atoms with van der Waals surface area (Å²) in [4.78, 5) is 13.6. The Balaban J connectivity index is 1.85. The number of amides is 1. The molecule has 1 aromatic carbocycles. The second-order valence-electron chi connectivity index (χ2n) is 6.04. The van der Waals surface area contributed by atoms with Gasteiger partial charge >= 0.3 is 0 Å². The molecule has 5 heteroatoms. The van der Waals surface area contributed by atoms with Crippen molar-refractivity contribution in [1.82, 2.24) is 10.2 Å². The van der Waals surface area contributed by atoms with Crippen LogP contribution in [0.5, 0.6) is 5.75 Å². The monoisotopic (exact) mass is 346 g/mol. The summed E-state index contributed by atoms with van der Waals surface area (Å²) < 4.78 is 5.91. The fourth-order valence-corrected chi connectivity index (χ4v) is 3.10. The van der Waals surface area contributed by atoms with Crippen LogP contribution in [0.2, 0.25) is 0 Å². The van der Waals surface area contributed by atoms with Gasteiger partial charge in [0.1, 0.15) is 11.9 Å². The SMILES string of the molecule is CCC(=O)NC[C@H](C)Oc1cccc(CN(C)Cc2ccsc2)c1. The molecule has 1 aromatic heterocycles. The molecule has 0 aliphatic carbocycles. The number of carbonyl (C=O) groups is 1. The van der Waals surface area contributed by atoms with Gasteiger partial charge in [0, 0.05) is 19.5 Å². The molecule has 0 saturated carbocycles. The Morgan fingerprint density at radius 1 is 1.29 bits per heavy atom. The van der Waals surface area contributed by atoms with Crippen molar-refractivity contribution in [3.63, 3.8) is 0 Å². The molecule has 2 aromatic rings. The molecule has 0 radical (unpaired) electrons. The Labute approximate surface area is 148 Å². The fourth-order valence-electron chi connectivity index (χ4n) is 2.44. The molecule has 0 unspecified atom stereocenters. The van der Waals surface area contributed by atoms with Crippen molar-refractivity contribution in [2.45, 2.75) is 39.5 Å². The summed E-state index contributed by atoms with van der Waals surface area (Å²) >= 11 is 1.73. The standard InChI is InChI=1S/C19H26N2O2S/c1-4-19(22)20-11-15(2)23-18-7-5-6-16(10-18)12-21(3)13-17-8-9-24-14-17/h5-10,14-15H,4,11-13H2,1-3H3,(H,20,22)/t15-/m0/s1. The quantitative estimate of drug-likeness (QED) is 0.753. The van der Waals surface area contributed by atoms with Crippen molar-refractivity contribution in [3.05, 3.63) is 52.2 Å². The number of ether oxygens (including phenoxy) is 1. The smallest absolute Gasteiger partial charge is 0.219 e. The lowest BCUT2D eigenvalue weighted by atomic mass is 10.2. The third kappa shape index (κ3) is 6.34. The van der Waals surface area contributed by atoms with Crippen LogP contribution in [0, 0.1) is 0 Å². The van der Waals surface area contributed by atoms with Gasteiger partial charge in [-0.1, -0.05) is 19.1 Å². The summed E-state index contributed by atoms with van der Waals surface area (Å²) in [6.45, 7) is 6.14. The normalized spacial score (nSPS) is 12.2. The molecule has 1 amide bonds. The fraction of sp³-hybridized carbons (Fsp3) is 0.421. The van der Waals surface area contributed by atoms with Crippen molar-refractivity contribution >= 4 is 17.2 Å². The Bertz CT molecular complexity index is 628. The lowest BCUT2D eigenvalue weighted by Crippen LogP contribution is -2.33. The molecule has 4 nitrogen and oxygen atoms in total. The molecule has 0 saturated heterocycles. The number of hydrogen-bond donors (Lipinski definition) is 1. The van der Waals surface area contributed by atoms with E-state index in [2.05, 4.69) is 46.2 Å². The van der Waals surface area contributed by atoms with E-state index < -0.39 is 0 Å². The van der Waals surface area contributed by atoms with E-state index >= 15 is 0 Å². The summed E-state index contributed by atoms with van der Waals surface area (Å²) in [5.74, 6) is 0.893. The van der Waals surface area contributed by atoms with Crippen LogP contribution in [-0.2, 0) is 17.9 Å². The van der Waals surface area contributed by atoms with Crippen molar-refractivity contribution in [2.24, 2.45) is 0 Å². The predicted octanol–water partition coefficient (Wildman–Crippen LogP) is 3.67. The molecule has 1 atom stereocenters. The Morgan fingerprint density at radius 3 is 2.79 bits per heavy atom. The van der Waals surface area contributed by atoms with Crippen molar-refractivity contribution in [3.8, 4) is 5.75 Å². The van der Waals surface area contributed by atoms with E-state index in [4.69, 9.17) is 4.74 Å². The largest absolute Gasteiger partial charge is 0.489 e. The summed E-state index contributed by atoms with van der Waals surface area (Å²) in [5.41, 5.74) is 2.56. The van der Waals surface area contributed by atoms with Crippen molar-refractivity contribution < 1.29 is 9.53 Å². The molecule has 1 heterocycles. The van der Waals surface area contributed by atoms with Crippen LogP contribution in [0.15, 0.2) is 41.1 Å². The molecular formula is C19H26N2O2S. The highest BCUT2D eigenvalue weighted by Gasteiger charge is 2.08. The highest BCUT2D eigenvalue weighted by molar-refractivity contribution is 7.07. The van der Waals surface area contributed by atoms with E-state index in [-0.39, 0.29) is 12.0 Å². The van der Waals surface area contributed by atoms with Crippen LogP contribution in [-0.4, -0.2) is 30.5 Å². The Morgan fingerprint density at radius 2 is 2.08 bits per heavy atom. The predicted molar refractivity (Wildman–Crippen MR) is 99.3 cm³/mol. The lowest BCUT2D eigenvalue weighted by molar-refractivity contribution is -0.121. The third-order valence-corrected chi connectivity index (χ3v) is 4.36. The van der Waals surface area contributed by atoms with E-state index in [0.29, 0.717) is 13.0 Å². The van der Waals surface area contributed by atoms with Crippen molar-refractivity contribution in [2.75, 3.05) is 13.6 Å².